The van der Waals surface area contributed by atoms with Crippen molar-refractivity contribution in [3.05, 3.63) is 80.3 Å². The molecule has 2 bridgehead atoms. The quantitative estimate of drug-likeness (QED) is 0.245. The highest BCUT2D eigenvalue weighted by molar-refractivity contribution is 9.10. The molecule has 2 aromatic rings. The van der Waals surface area contributed by atoms with E-state index >= 15 is 0 Å². The highest BCUT2D eigenvalue weighted by Gasteiger charge is 2.67. The van der Waals surface area contributed by atoms with Crippen LogP contribution in [0.4, 0.5) is 11.4 Å². The van der Waals surface area contributed by atoms with Gasteiger partial charge >= 0.3 is 0 Å². The highest BCUT2D eigenvalue weighted by atomic mass is 79.9. The molecular weight excluding hydrogens is 514 g/mol. The summed E-state index contributed by atoms with van der Waals surface area (Å²) in [5.74, 6) is -0.535. The molecule has 0 N–H and O–H groups in total. The van der Waals surface area contributed by atoms with Gasteiger partial charge in [-0.25, -0.2) is 0 Å². The fraction of sp³-hybridized carbons (Fsp3) is 0.346. The number of rotatable bonds is 5. The number of imide groups is 1. The lowest BCUT2D eigenvalue weighted by molar-refractivity contribution is -0.384. The third kappa shape index (κ3) is 3.36. The van der Waals surface area contributed by atoms with Crippen LogP contribution in [0.5, 0.6) is 0 Å². The van der Waals surface area contributed by atoms with E-state index in [9.17, 15) is 24.5 Å². The molecule has 0 aromatic heterocycles. The molecule has 3 fully saturated rings. The van der Waals surface area contributed by atoms with Crippen molar-refractivity contribution < 1.29 is 19.3 Å². The molecule has 0 radical (unpaired) electrons. The fourth-order valence-corrected chi connectivity index (χ4v) is 6.85. The first-order valence-corrected chi connectivity index (χ1v) is 12.4. The van der Waals surface area contributed by atoms with Gasteiger partial charge in [0.15, 0.2) is 0 Å². The van der Waals surface area contributed by atoms with Gasteiger partial charge in [0.1, 0.15) is 6.67 Å². The summed E-state index contributed by atoms with van der Waals surface area (Å²) in [6.45, 7) is 1.60. The number of halogens is 1. The van der Waals surface area contributed by atoms with E-state index in [2.05, 4.69) is 28.1 Å². The van der Waals surface area contributed by atoms with Crippen molar-refractivity contribution in [3.63, 3.8) is 0 Å². The van der Waals surface area contributed by atoms with E-state index in [1.807, 2.05) is 13.0 Å². The summed E-state index contributed by atoms with van der Waals surface area (Å²) >= 11 is 3.43. The van der Waals surface area contributed by atoms with Crippen LogP contribution in [0.25, 0.3) is 0 Å². The molecule has 8 nitrogen and oxygen atoms in total. The SMILES string of the molecule is Cc1cc(Br)ccc1N(CN1C(=O)C2C3C=CC(C4CC34)C2C1=O)C(=O)c1cccc([N+](=O)[O-])c1. The average Bonchev–Trinajstić information content (AvgIpc) is 3.63. The van der Waals surface area contributed by atoms with Crippen LogP contribution < -0.4 is 4.90 Å². The Morgan fingerprint density at radius 1 is 1.09 bits per heavy atom. The smallest absolute Gasteiger partial charge is 0.270 e. The second kappa shape index (κ2) is 7.84. The molecule has 5 aliphatic rings. The predicted molar refractivity (Wildman–Crippen MR) is 130 cm³/mol. The number of likely N-dealkylation sites (tertiary alicyclic amines) is 1. The molecular formula is C26H22BrN3O5. The lowest BCUT2D eigenvalue weighted by atomic mass is 9.63. The van der Waals surface area contributed by atoms with E-state index in [0.717, 1.165) is 16.5 Å². The van der Waals surface area contributed by atoms with Crippen LogP contribution in [0, 0.1) is 52.5 Å². The maximum Gasteiger partial charge on any atom is 0.270 e. The number of non-ortho nitro benzene ring substituents is 1. The first-order chi connectivity index (χ1) is 16.8. The second-order valence-electron chi connectivity index (χ2n) is 9.87. The Bertz CT molecular complexity index is 1300. The summed E-state index contributed by atoms with van der Waals surface area (Å²) in [7, 11) is 0. The summed E-state index contributed by atoms with van der Waals surface area (Å²) in [4.78, 5) is 54.1. The van der Waals surface area contributed by atoms with Crippen LogP contribution in [0.2, 0.25) is 0 Å². The van der Waals surface area contributed by atoms with E-state index in [-0.39, 0.29) is 53.4 Å². The number of amides is 3. The number of benzene rings is 2. The number of nitro groups is 1. The van der Waals surface area contributed by atoms with E-state index < -0.39 is 10.8 Å². The van der Waals surface area contributed by atoms with Crippen molar-refractivity contribution in [2.45, 2.75) is 13.3 Å². The number of allylic oxidation sites excluding steroid dienone is 2. The maximum absolute atomic E-state index is 13.7. The van der Waals surface area contributed by atoms with Crippen LogP contribution in [0.1, 0.15) is 22.3 Å². The van der Waals surface area contributed by atoms with Crippen molar-refractivity contribution in [2.75, 3.05) is 11.6 Å². The van der Waals surface area contributed by atoms with Gasteiger partial charge in [-0.2, -0.15) is 0 Å². The normalized spacial score (nSPS) is 29.7. The molecule has 4 aliphatic carbocycles. The molecule has 2 saturated carbocycles. The third-order valence-electron chi connectivity index (χ3n) is 8.04. The Hall–Kier alpha value is -3.33. The van der Waals surface area contributed by atoms with Crippen molar-refractivity contribution in [3.8, 4) is 0 Å². The maximum atomic E-state index is 13.7. The number of carbonyl (C=O) groups excluding carboxylic acids is 3. The van der Waals surface area contributed by atoms with Crippen molar-refractivity contribution >= 4 is 45.0 Å². The van der Waals surface area contributed by atoms with E-state index in [4.69, 9.17) is 0 Å². The first kappa shape index (κ1) is 22.2. The number of carbonyl (C=O) groups is 3. The number of aryl methyl sites for hydroxylation is 1. The van der Waals surface area contributed by atoms with E-state index in [0.29, 0.717) is 17.5 Å². The number of nitro benzene ring substituents is 1. The van der Waals surface area contributed by atoms with Gasteiger partial charge in [0.25, 0.3) is 11.6 Å². The zero-order chi connectivity index (χ0) is 24.6. The summed E-state index contributed by atoms with van der Waals surface area (Å²) in [6.07, 6.45) is 5.30. The summed E-state index contributed by atoms with van der Waals surface area (Å²) in [5, 5.41) is 11.3. The molecule has 6 atom stereocenters. The van der Waals surface area contributed by atoms with Gasteiger partial charge < -0.3 is 0 Å². The van der Waals surface area contributed by atoms with E-state index in [1.54, 1.807) is 12.1 Å². The highest BCUT2D eigenvalue weighted by Crippen LogP contribution is 2.65. The number of nitrogens with zero attached hydrogens (tertiary/aromatic N) is 3. The summed E-state index contributed by atoms with van der Waals surface area (Å²) in [5.41, 5.74) is 1.20. The second-order valence-corrected chi connectivity index (χ2v) is 10.8. The van der Waals surface area contributed by atoms with Crippen molar-refractivity contribution in [2.24, 2.45) is 35.5 Å². The lowest BCUT2D eigenvalue weighted by Crippen LogP contribution is -2.45. The van der Waals surface area contributed by atoms with Crippen LogP contribution >= 0.6 is 15.9 Å². The Morgan fingerprint density at radius 2 is 1.74 bits per heavy atom. The zero-order valence-electron chi connectivity index (χ0n) is 18.8. The van der Waals surface area contributed by atoms with Gasteiger partial charge in [0.2, 0.25) is 11.8 Å². The number of hydrogen-bond acceptors (Lipinski definition) is 5. The van der Waals surface area contributed by atoms with Gasteiger partial charge in [-0.05, 0) is 66.8 Å². The third-order valence-corrected chi connectivity index (χ3v) is 8.53. The fourth-order valence-electron chi connectivity index (χ4n) is 6.38. The minimum atomic E-state index is -0.557. The Kier molecular flexibility index (Phi) is 4.96. The topological polar surface area (TPSA) is 101 Å². The molecule has 1 aliphatic heterocycles. The van der Waals surface area contributed by atoms with Crippen LogP contribution in [-0.2, 0) is 9.59 Å². The average molecular weight is 536 g/mol. The Balaban J connectivity index is 1.37. The van der Waals surface area contributed by atoms with E-state index in [1.165, 1.54) is 34.1 Å². The van der Waals surface area contributed by atoms with Crippen molar-refractivity contribution in [1.29, 1.82) is 0 Å². The molecule has 178 valence electrons. The first-order valence-electron chi connectivity index (χ1n) is 11.6. The molecule has 7 rings (SSSR count). The van der Waals surface area contributed by atoms with Crippen molar-refractivity contribution in [1.82, 2.24) is 4.90 Å². The minimum absolute atomic E-state index is 0.0896. The molecule has 3 amide bonds. The van der Waals surface area contributed by atoms with Crippen LogP contribution in [0.3, 0.4) is 0 Å². The van der Waals surface area contributed by atoms with Crippen LogP contribution in [-0.4, -0.2) is 34.2 Å². The molecule has 9 heteroatoms. The van der Waals surface area contributed by atoms with Gasteiger partial charge in [0, 0.05) is 27.9 Å². The molecule has 1 heterocycles. The number of hydrogen-bond donors (Lipinski definition) is 0. The van der Waals surface area contributed by atoms with Crippen LogP contribution in [0.15, 0.2) is 59.1 Å². The van der Waals surface area contributed by atoms with Gasteiger partial charge in [-0.1, -0.05) is 34.1 Å². The zero-order valence-corrected chi connectivity index (χ0v) is 20.4. The Morgan fingerprint density at radius 3 is 2.34 bits per heavy atom. The minimum Gasteiger partial charge on any atom is -0.289 e. The Labute approximate surface area is 209 Å². The monoisotopic (exact) mass is 535 g/mol. The molecule has 35 heavy (non-hydrogen) atoms. The molecule has 1 saturated heterocycles. The molecule has 6 unspecified atom stereocenters. The summed E-state index contributed by atoms with van der Waals surface area (Å²) in [6, 6.07) is 10.9. The largest absolute Gasteiger partial charge is 0.289 e. The van der Waals surface area contributed by atoms with Gasteiger partial charge in [-0.15, -0.1) is 0 Å². The molecule has 2 aromatic carbocycles. The van der Waals surface area contributed by atoms with Gasteiger partial charge in [-0.3, -0.25) is 34.3 Å². The number of anilines is 1. The molecule has 0 spiro atoms. The van der Waals surface area contributed by atoms with Gasteiger partial charge in [0.05, 0.1) is 16.8 Å². The summed E-state index contributed by atoms with van der Waals surface area (Å²) < 4.78 is 0.822. The lowest BCUT2D eigenvalue weighted by Gasteiger charge is -2.37. The predicted octanol–water partition coefficient (Wildman–Crippen LogP) is 4.32. The standard InChI is InChI=1S/C26H22BrN3O5/c1-13-9-15(27)5-8-21(13)28(24(31)14-3-2-4-16(10-14)30(34)35)12-29-25(32)22-17-6-7-18(20-11-19(17)20)23(22)26(29)33/h2-10,17-20,22-23H,11-12H2,1H3.